The number of anilines is 1. The van der Waals surface area contributed by atoms with Crippen molar-refractivity contribution in [2.75, 3.05) is 12.3 Å². The van der Waals surface area contributed by atoms with E-state index in [9.17, 15) is 13.2 Å². The van der Waals surface area contributed by atoms with E-state index >= 15 is 0 Å². The maximum absolute atomic E-state index is 13.9. The summed E-state index contributed by atoms with van der Waals surface area (Å²) in [5.41, 5.74) is 9.60. The summed E-state index contributed by atoms with van der Waals surface area (Å²) in [6.07, 6.45) is 12.4. The molecule has 1 aromatic carbocycles. The quantitative estimate of drug-likeness (QED) is 0.153. The van der Waals surface area contributed by atoms with Crippen molar-refractivity contribution in [3.05, 3.63) is 70.7 Å². The molecule has 30 heavy (non-hydrogen) atoms. The third-order valence-corrected chi connectivity index (χ3v) is 4.06. The summed E-state index contributed by atoms with van der Waals surface area (Å²) in [4.78, 5) is 8.00. The number of allylic oxidation sites excluding steroid dienone is 3. The van der Waals surface area contributed by atoms with Crippen molar-refractivity contribution in [1.29, 1.82) is 0 Å². The first kappa shape index (κ1) is 24.8. The van der Waals surface area contributed by atoms with Crippen LogP contribution in [0.2, 0.25) is 5.02 Å². The van der Waals surface area contributed by atoms with Crippen molar-refractivity contribution >= 4 is 23.3 Å². The standard InChI is InChI=1S/C19H19ClF3N5.C2H2/c1-2-3-4-16(22)17(23)10-27-19(28-25)13-7-12(9-26-18(13)24)11-5-6-15(21)14(20)8-11;1-2/h2-3,5-9H,4,10,25H2,1H3,(H2,24,26)(H,27,28);1-2H/b3-2-,17-16-;. The number of nitrogen functional groups attached to an aromatic ring is 1. The van der Waals surface area contributed by atoms with Crippen molar-refractivity contribution in [2.45, 2.75) is 13.3 Å². The second-order valence-electron chi connectivity index (χ2n) is 5.68. The number of hydrogen-bond donors (Lipinski definition) is 3. The number of nitrogens with one attached hydrogen (secondary N) is 1. The second kappa shape index (κ2) is 12.3. The topological polar surface area (TPSA) is 89.3 Å². The van der Waals surface area contributed by atoms with E-state index in [1.165, 1.54) is 30.5 Å². The maximum atomic E-state index is 13.9. The zero-order valence-corrected chi connectivity index (χ0v) is 16.9. The number of benzene rings is 1. The molecule has 1 aromatic heterocycles. The Bertz CT molecular complexity index is 984. The Morgan fingerprint density at radius 3 is 2.53 bits per heavy atom. The molecule has 0 saturated heterocycles. The van der Waals surface area contributed by atoms with Crippen LogP contribution in [-0.4, -0.2) is 17.4 Å². The molecule has 0 aliphatic rings. The smallest absolute Gasteiger partial charge is 0.153 e. The van der Waals surface area contributed by atoms with Crippen LogP contribution in [0, 0.1) is 18.7 Å². The monoisotopic (exact) mass is 435 g/mol. The fraction of sp³-hybridized carbons (Fsp3) is 0.143. The number of nitrogens with zero attached hydrogens (tertiary/aromatic N) is 2. The van der Waals surface area contributed by atoms with Gasteiger partial charge in [0.1, 0.15) is 23.3 Å². The molecule has 0 aliphatic carbocycles. The van der Waals surface area contributed by atoms with Gasteiger partial charge in [-0.3, -0.25) is 4.99 Å². The van der Waals surface area contributed by atoms with E-state index in [-0.39, 0.29) is 28.7 Å². The molecule has 0 atom stereocenters. The first-order chi connectivity index (χ1) is 14.4. The predicted octanol–water partition coefficient (Wildman–Crippen LogP) is 4.70. The highest BCUT2D eigenvalue weighted by Gasteiger charge is 2.12. The molecular formula is C21H21ClF3N5. The lowest BCUT2D eigenvalue weighted by atomic mass is 10.0. The predicted molar refractivity (Wildman–Crippen MR) is 116 cm³/mol. The van der Waals surface area contributed by atoms with Gasteiger partial charge in [-0.15, -0.1) is 12.8 Å². The van der Waals surface area contributed by atoms with Gasteiger partial charge in [-0.1, -0.05) is 29.8 Å². The lowest BCUT2D eigenvalue weighted by molar-refractivity contribution is 0.515. The van der Waals surface area contributed by atoms with Gasteiger partial charge in [0.25, 0.3) is 0 Å². The van der Waals surface area contributed by atoms with Gasteiger partial charge in [0.2, 0.25) is 0 Å². The fourth-order valence-electron chi connectivity index (χ4n) is 2.27. The molecule has 2 aromatic rings. The molecule has 9 heteroatoms. The van der Waals surface area contributed by atoms with Crippen LogP contribution in [0.3, 0.4) is 0 Å². The number of aromatic nitrogens is 1. The molecule has 0 fully saturated rings. The van der Waals surface area contributed by atoms with E-state index in [2.05, 4.69) is 28.2 Å². The number of rotatable bonds is 6. The van der Waals surface area contributed by atoms with Gasteiger partial charge in [0.05, 0.1) is 17.1 Å². The number of amidine groups is 1. The SMILES string of the molecule is C#C.C/C=C\C/C(F)=C(/F)CN=C(NN)c1cc(-c2ccc(F)c(Cl)c2)cnc1N. The number of terminal acetylenes is 1. The minimum Gasteiger partial charge on any atom is -0.383 e. The van der Waals surface area contributed by atoms with Crippen LogP contribution < -0.4 is 17.0 Å². The Labute approximate surface area is 178 Å². The van der Waals surface area contributed by atoms with E-state index in [1.807, 2.05) is 0 Å². The molecule has 5 nitrogen and oxygen atoms in total. The van der Waals surface area contributed by atoms with E-state index in [0.717, 1.165) is 0 Å². The highest BCUT2D eigenvalue weighted by atomic mass is 35.5. The Kier molecular flexibility index (Phi) is 10.2. The Balaban J connectivity index is 0.00000218. The van der Waals surface area contributed by atoms with Crippen LogP contribution in [0.5, 0.6) is 0 Å². The molecule has 0 aliphatic heterocycles. The first-order valence-electron chi connectivity index (χ1n) is 8.57. The lowest BCUT2D eigenvalue weighted by Crippen LogP contribution is -2.32. The summed E-state index contributed by atoms with van der Waals surface area (Å²) in [6, 6.07) is 5.75. The third-order valence-electron chi connectivity index (χ3n) is 3.77. The summed E-state index contributed by atoms with van der Waals surface area (Å²) in [5, 5.41) is -0.0504. The molecule has 0 radical (unpaired) electrons. The van der Waals surface area contributed by atoms with Crippen LogP contribution in [0.15, 0.2) is 59.3 Å². The van der Waals surface area contributed by atoms with Crippen molar-refractivity contribution in [3.63, 3.8) is 0 Å². The van der Waals surface area contributed by atoms with Gasteiger partial charge < -0.3 is 11.2 Å². The molecular weight excluding hydrogens is 415 g/mol. The second-order valence-corrected chi connectivity index (χ2v) is 6.09. The zero-order chi connectivity index (χ0) is 22.7. The van der Waals surface area contributed by atoms with Gasteiger partial charge >= 0.3 is 0 Å². The minimum atomic E-state index is -1.01. The van der Waals surface area contributed by atoms with E-state index in [0.29, 0.717) is 11.1 Å². The fourth-order valence-corrected chi connectivity index (χ4v) is 2.45. The summed E-state index contributed by atoms with van der Waals surface area (Å²) >= 11 is 5.81. The Morgan fingerprint density at radius 1 is 1.23 bits per heavy atom. The first-order valence-corrected chi connectivity index (χ1v) is 8.95. The highest BCUT2D eigenvalue weighted by molar-refractivity contribution is 6.31. The summed E-state index contributed by atoms with van der Waals surface area (Å²) in [5.74, 6) is 3.08. The van der Waals surface area contributed by atoms with Crippen molar-refractivity contribution in [2.24, 2.45) is 10.8 Å². The number of nitrogens with two attached hydrogens (primary N) is 2. The van der Waals surface area contributed by atoms with Gasteiger partial charge in [0.15, 0.2) is 5.83 Å². The van der Waals surface area contributed by atoms with Gasteiger partial charge in [-0.05, 0) is 30.7 Å². The summed E-state index contributed by atoms with van der Waals surface area (Å²) < 4.78 is 40.9. The van der Waals surface area contributed by atoms with Crippen LogP contribution >= 0.6 is 11.6 Å². The number of hydrogen-bond acceptors (Lipinski definition) is 4. The summed E-state index contributed by atoms with van der Waals surface area (Å²) in [7, 11) is 0. The molecule has 2 rings (SSSR count). The third kappa shape index (κ3) is 6.65. The van der Waals surface area contributed by atoms with E-state index < -0.39 is 24.0 Å². The highest BCUT2D eigenvalue weighted by Crippen LogP contribution is 2.26. The minimum absolute atomic E-state index is 0.0223. The van der Waals surface area contributed by atoms with E-state index in [1.54, 1.807) is 19.1 Å². The average Bonchev–Trinajstić information content (AvgIpc) is 2.76. The van der Waals surface area contributed by atoms with Gasteiger partial charge in [-0.25, -0.2) is 24.0 Å². The Morgan fingerprint density at radius 2 is 1.93 bits per heavy atom. The maximum Gasteiger partial charge on any atom is 0.153 e. The van der Waals surface area contributed by atoms with Crippen molar-refractivity contribution in [3.8, 4) is 24.0 Å². The van der Waals surface area contributed by atoms with Crippen LogP contribution in [0.1, 0.15) is 18.9 Å². The number of hydrazine groups is 1. The Hall–Kier alpha value is -3.28. The number of pyridine rings is 1. The molecule has 0 spiro atoms. The van der Waals surface area contributed by atoms with Crippen molar-refractivity contribution < 1.29 is 13.2 Å². The molecule has 0 bridgehead atoms. The molecule has 0 unspecified atom stereocenters. The lowest BCUT2D eigenvalue weighted by Gasteiger charge is -2.11. The molecule has 158 valence electrons. The van der Waals surface area contributed by atoms with Crippen LogP contribution in [0.4, 0.5) is 19.0 Å². The average molecular weight is 436 g/mol. The molecule has 1 heterocycles. The zero-order valence-electron chi connectivity index (χ0n) is 16.2. The molecule has 5 N–H and O–H groups in total. The normalized spacial score (nSPS) is 12.2. The van der Waals surface area contributed by atoms with Crippen LogP contribution in [-0.2, 0) is 0 Å². The summed E-state index contributed by atoms with van der Waals surface area (Å²) in [6.45, 7) is 1.14. The van der Waals surface area contributed by atoms with Gasteiger partial charge in [-0.2, -0.15) is 0 Å². The van der Waals surface area contributed by atoms with Gasteiger partial charge in [0, 0.05) is 18.2 Å². The largest absolute Gasteiger partial charge is 0.383 e. The number of halogens is 4. The molecule has 0 amide bonds. The molecule has 0 saturated carbocycles. The number of aliphatic imine (C=N–C) groups is 1. The van der Waals surface area contributed by atoms with Crippen molar-refractivity contribution in [1.82, 2.24) is 10.4 Å². The van der Waals surface area contributed by atoms with E-state index in [4.69, 9.17) is 23.2 Å². The van der Waals surface area contributed by atoms with Crippen LogP contribution in [0.25, 0.3) is 11.1 Å².